The van der Waals surface area contributed by atoms with Gasteiger partial charge in [0.1, 0.15) is 0 Å². The molecule has 0 spiro atoms. The second kappa shape index (κ2) is 6.85. The van der Waals surface area contributed by atoms with Crippen LogP contribution < -0.4 is 10.1 Å². The average Bonchev–Trinajstić information content (AvgIpc) is 2.80. The zero-order valence-electron chi connectivity index (χ0n) is 11.9. The fourth-order valence-electron chi connectivity index (χ4n) is 2.18. The van der Waals surface area contributed by atoms with Crippen LogP contribution in [0, 0.1) is 0 Å². The second-order valence-corrected chi connectivity index (χ2v) is 5.34. The number of hydrogen-bond acceptors (Lipinski definition) is 4. The molecule has 0 aliphatic carbocycles. The number of pyridine rings is 1. The Morgan fingerprint density at radius 2 is 2.30 bits per heavy atom. The summed E-state index contributed by atoms with van der Waals surface area (Å²) in [4.78, 5) is 4.29. The zero-order chi connectivity index (χ0) is 14.5. The molecule has 0 aliphatic rings. The zero-order valence-corrected chi connectivity index (χ0v) is 13.5. The monoisotopic (exact) mass is 338 g/mol. The topological polar surface area (TPSA) is 52.0 Å². The number of hydrogen-bond donors (Lipinski definition) is 1. The molecular formula is C14H19BrN4O. The highest BCUT2D eigenvalue weighted by molar-refractivity contribution is 9.10. The third kappa shape index (κ3) is 3.02. The quantitative estimate of drug-likeness (QED) is 0.879. The Hall–Kier alpha value is -1.40. The number of nitrogens with one attached hydrogen (secondary N) is 1. The van der Waals surface area contributed by atoms with E-state index in [1.165, 1.54) is 0 Å². The van der Waals surface area contributed by atoms with E-state index in [0.717, 1.165) is 28.7 Å². The summed E-state index contributed by atoms with van der Waals surface area (Å²) in [6, 6.07) is 3.93. The first kappa shape index (κ1) is 15.0. The van der Waals surface area contributed by atoms with Gasteiger partial charge in [-0.25, -0.2) is 4.98 Å². The first-order chi connectivity index (χ1) is 9.69. The summed E-state index contributed by atoms with van der Waals surface area (Å²) in [5.74, 6) is 0.634. The molecule has 2 aromatic heterocycles. The lowest BCUT2D eigenvalue weighted by Gasteiger charge is -2.21. The van der Waals surface area contributed by atoms with Gasteiger partial charge in [0.15, 0.2) is 0 Å². The van der Waals surface area contributed by atoms with Gasteiger partial charge in [0, 0.05) is 18.8 Å². The molecule has 20 heavy (non-hydrogen) atoms. The predicted molar refractivity (Wildman–Crippen MR) is 81.8 cm³/mol. The first-order valence-electron chi connectivity index (χ1n) is 6.58. The molecule has 0 saturated carbocycles. The van der Waals surface area contributed by atoms with E-state index in [2.05, 4.69) is 38.3 Å². The molecule has 2 heterocycles. The van der Waals surface area contributed by atoms with Crippen LogP contribution in [0.3, 0.4) is 0 Å². The molecule has 1 N–H and O–H groups in total. The van der Waals surface area contributed by atoms with Gasteiger partial charge in [0.05, 0.1) is 29.5 Å². The first-order valence-corrected chi connectivity index (χ1v) is 7.38. The van der Waals surface area contributed by atoms with Crippen molar-refractivity contribution in [2.24, 2.45) is 7.05 Å². The van der Waals surface area contributed by atoms with Gasteiger partial charge in [0.25, 0.3) is 0 Å². The molecule has 0 aliphatic heterocycles. The van der Waals surface area contributed by atoms with Crippen molar-refractivity contribution in [1.29, 1.82) is 0 Å². The minimum Gasteiger partial charge on any atom is -0.481 e. The Morgan fingerprint density at radius 3 is 2.90 bits per heavy atom. The van der Waals surface area contributed by atoms with Crippen LogP contribution in [0.1, 0.15) is 30.6 Å². The van der Waals surface area contributed by atoms with Gasteiger partial charge in [-0.3, -0.25) is 4.68 Å². The Kier molecular flexibility index (Phi) is 5.14. The van der Waals surface area contributed by atoms with Crippen molar-refractivity contribution in [3.63, 3.8) is 0 Å². The summed E-state index contributed by atoms with van der Waals surface area (Å²) in [7, 11) is 3.57. The lowest BCUT2D eigenvalue weighted by Crippen LogP contribution is -2.26. The highest BCUT2D eigenvalue weighted by Gasteiger charge is 2.23. The number of rotatable bonds is 6. The molecule has 0 saturated heterocycles. The van der Waals surface area contributed by atoms with Crippen LogP contribution >= 0.6 is 15.9 Å². The van der Waals surface area contributed by atoms with Crippen molar-refractivity contribution in [3.8, 4) is 5.88 Å². The van der Waals surface area contributed by atoms with Gasteiger partial charge >= 0.3 is 0 Å². The third-order valence-corrected chi connectivity index (χ3v) is 3.73. The molecule has 6 heteroatoms. The number of halogens is 1. The summed E-state index contributed by atoms with van der Waals surface area (Å²) in [6.45, 7) is 3.04. The van der Waals surface area contributed by atoms with E-state index >= 15 is 0 Å². The maximum absolute atomic E-state index is 5.39. The van der Waals surface area contributed by atoms with Crippen LogP contribution in [0.2, 0.25) is 0 Å². The lowest BCUT2D eigenvalue weighted by atomic mass is 10.0. The number of methoxy groups -OCH3 is 1. The van der Waals surface area contributed by atoms with Crippen molar-refractivity contribution in [3.05, 3.63) is 40.3 Å². The van der Waals surface area contributed by atoms with Gasteiger partial charge in [-0.2, -0.15) is 5.10 Å². The van der Waals surface area contributed by atoms with Crippen LogP contribution in [-0.2, 0) is 7.05 Å². The standard InChI is InChI=1S/C14H19BrN4O/c1-4-7-16-12(13-11(15)9-18-19(13)2)10-6-5-8-17-14(10)20-3/h5-6,8-9,12,16H,4,7H2,1-3H3. The SMILES string of the molecule is CCCNC(c1cccnc1OC)c1c(Br)cnn1C. The summed E-state index contributed by atoms with van der Waals surface area (Å²) >= 11 is 3.57. The fourth-order valence-corrected chi connectivity index (χ4v) is 2.76. The smallest absolute Gasteiger partial charge is 0.218 e. The molecule has 0 bridgehead atoms. The Bertz CT molecular complexity index is 551. The van der Waals surface area contributed by atoms with E-state index in [4.69, 9.17) is 4.74 Å². The Morgan fingerprint density at radius 1 is 1.50 bits per heavy atom. The van der Waals surface area contributed by atoms with Crippen molar-refractivity contribution >= 4 is 15.9 Å². The van der Waals surface area contributed by atoms with E-state index in [0.29, 0.717) is 5.88 Å². The van der Waals surface area contributed by atoms with Crippen LogP contribution in [0.25, 0.3) is 0 Å². The minimum absolute atomic E-state index is 0.0134. The number of aryl methyl sites for hydroxylation is 1. The maximum Gasteiger partial charge on any atom is 0.218 e. The van der Waals surface area contributed by atoms with E-state index in [-0.39, 0.29) is 6.04 Å². The molecule has 2 aromatic rings. The molecule has 0 amide bonds. The van der Waals surface area contributed by atoms with Crippen molar-refractivity contribution < 1.29 is 4.74 Å². The maximum atomic E-state index is 5.39. The molecule has 0 radical (unpaired) electrons. The van der Waals surface area contributed by atoms with E-state index in [1.807, 2.05) is 23.9 Å². The number of ether oxygens (including phenoxy) is 1. The van der Waals surface area contributed by atoms with Crippen LogP contribution in [-0.4, -0.2) is 28.4 Å². The largest absolute Gasteiger partial charge is 0.481 e. The van der Waals surface area contributed by atoms with Crippen molar-refractivity contribution in [2.45, 2.75) is 19.4 Å². The molecular weight excluding hydrogens is 320 g/mol. The van der Waals surface area contributed by atoms with Gasteiger partial charge in [-0.1, -0.05) is 13.0 Å². The molecule has 5 nitrogen and oxygen atoms in total. The summed E-state index contributed by atoms with van der Waals surface area (Å²) in [5, 5.41) is 7.83. The highest BCUT2D eigenvalue weighted by atomic mass is 79.9. The molecule has 1 atom stereocenters. The van der Waals surface area contributed by atoms with Gasteiger partial charge in [0.2, 0.25) is 5.88 Å². The molecule has 2 rings (SSSR count). The van der Waals surface area contributed by atoms with Crippen molar-refractivity contribution in [2.75, 3.05) is 13.7 Å². The molecule has 108 valence electrons. The van der Waals surface area contributed by atoms with E-state index in [9.17, 15) is 0 Å². The van der Waals surface area contributed by atoms with E-state index < -0.39 is 0 Å². The summed E-state index contributed by atoms with van der Waals surface area (Å²) in [6.07, 6.45) is 4.59. The normalized spacial score (nSPS) is 12.4. The van der Waals surface area contributed by atoms with Crippen molar-refractivity contribution in [1.82, 2.24) is 20.1 Å². The molecule has 0 fully saturated rings. The summed E-state index contributed by atoms with van der Waals surface area (Å²) in [5.41, 5.74) is 2.07. The minimum atomic E-state index is -0.0134. The average molecular weight is 339 g/mol. The lowest BCUT2D eigenvalue weighted by molar-refractivity contribution is 0.385. The van der Waals surface area contributed by atoms with Gasteiger partial charge < -0.3 is 10.1 Å². The number of aromatic nitrogens is 3. The number of nitrogens with zero attached hydrogens (tertiary/aromatic N) is 3. The van der Waals surface area contributed by atoms with Crippen LogP contribution in [0.15, 0.2) is 29.0 Å². The second-order valence-electron chi connectivity index (χ2n) is 4.49. The van der Waals surface area contributed by atoms with Crippen LogP contribution in [0.4, 0.5) is 0 Å². The predicted octanol–water partition coefficient (Wildman–Crippen LogP) is 2.68. The van der Waals surface area contributed by atoms with Gasteiger partial charge in [-0.15, -0.1) is 0 Å². The van der Waals surface area contributed by atoms with E-state index in [1.54, 1.807) is 19.5 Å². The highest BCUT2D eigenvalue weighted by Crippen LogP contribution is 2.32. The fraction of sp³-hybridized carbons (Fsp3) is 0.429. The van der Waals surface area contributed by atoms with Gasteiger partial charge in [-0.05, 0) is 35.0 Å². The Balaban J connectivity index is 2.47. The van der Waals surface area contributed by atoms with Crippen LogP contribution in [0.5, 0.6) is 5.88 Å². The summed E-state index contributed by atoms with van der Waals surface area (Å²) < 4.78 is 8.22. The molecule has 0 aromatic carbocycles. The third-order valence-electron chi connectivity index (χ3n) is 3.11. The molecule has 1 unspecified atom stereocenters. The Labute approximate surface area is 127 Å².